The lowest BCUT2D eigenvalue weighted by Gasteiger charge is -2.20. The number of tetrazole rings is 1. The predicted octanol–water partition coefficient (Wildman–Crippen LogP) is 2.48. The minimum Gasteiger partial charge on any atom is -0.423 e. The highest BCUT2D eigenvalue weighted by Crippen LogP contribution is 2.36. The number of halogens is 1. The van der Waals surface area contributed by atoms with Crippen molar-refractivity contribution >= 4 is 23.0 Å². The van der Waals surface area contributed by atoms with E-state index in [0.717, 1.165) is 5.69 Å². The van der Waals surface area contributed by atoms with Gasteiger partial charge in [0.05, 0.1) is 25.6 Å². The van der Waals surface area contributed by atoms with E-state index in [1.807, 2.05) is 35.0 Å². The maximum Gasteiger partial charge on any atom is 0.341 e. The monoisotopic (exact) mass is 508 g/mol. The molecule has 0 saturated carbocycles. The second-order valence-electron chi connectivity index (χ2n) is 8.35. The van der Waals surface area contributed by atoms with Crippen molar-refractivity contribution in [3.8, 4) is 17.4 Å². The van der Waals surface area contributed by atoms with E-state index in [-0.39, 0.29) is 36.1 Å². The van der Waals surface area contributed by atoms with Crippen molar-refractivity contribution < 1.29 is 18.6 Å². The van der Waals surface area contributed by atoms with E-state index >= 15 is 0 Å². The van der Waals surface area contributed by atoms with Gasteiger partial charge in [-0.25, -0.2) is 9.37 Å². The zero-order valence-corrected chi connectivity index (χ0v) is 19.6. The predicted molar refractivity (Wildman–Crippen MR) is 130 cm³/mol. The van der Waals surface area contributed by atoms with Crippen molar-refractivity contribution in [2.75, 3.05) is 18.5 Å². The summed E-state index contributed by atoms with van der Waals surface area (Å²) in [4.78, 5) is 4.06. The first-order valence-corrected chi connectivity index (χ1v) is 11.7. The molecule has 0 amide bonds. The number of fused-ring (bicyclic) bond motifs is 1. The van der Waals surface area contributed by atoms with E-state index in [2.05, 4.69) is 31.1 Å². The van der Waals surface area contributed by atoms with Gasteiger partial charge in [-0.2, -0.15) is 4.68 Å². The lowest BCUT2D eigenvalue weighted by molar-refractivity contribution is 0.0615. The highest BCUT2D eigenvalue weighted by Gasteiger charge is 2.50. The standard InChI is InChI=1S/C23H21FN8O3S/c24-14-1-3-15(4-2-14)26-22(36)27-18-11-33-21-19(12-34-20(18)21)32-23(28-29-30-32)35-17-7-5-16(6-8-17)31-10-9-25-13-31/h1-10,13,18-21H,11-12H2,(H2,26,27,36)/t18-,19-,20+,21+/m0/s1. The molecule has 0 aliphatic carbocycles. The summed E-state index contributed by atoms with van der Waals surface area (Å²) < 4.78 is 34.7. The van der Waals surface area contributed by atoms with E-state index in [9.17, 15) is 4.39 Å². The van der Waals surface area contributed by atoms with Crippen LogP contribution in [-0.4, -0.2) is 66.3 Å². The summed E-state index contributed by atoms with van der Waals surface area (Å²) in [5.41, 5.74) is 1.64. The van der Waals surface area contributed by atoms with Gasteiger partial charge >= 0.3 is 6.01 Å². The average Bonchev–Trinajstić information content (AvgIpc) is 3.68. The van der Waals surface area contributed by atoms with Crippen LogP contribution in [0.4, 0.5) is 10.1 Å². The molecule has 4 aromatic rings. The van der Waals surface area contributed by atoms with Gasteiger partial charge in [0.25, 0.3) is 0 Å². The number of imidazole rings is 1. The van der Waals surface area contributed by atoms with Gasteiger partial charge in [0.15, 0.2) is 5.11 Å². The molecule has 2 N–H and O–H groups in total. The van der Waals surface area contributed by atoms with Crippen molar-refractivity contribution in [2.24, 2.45) is 0 Å². The summed E-state index contributed by atoms with van der Waals surface area (Å²) in [6, 6.07) is 13.3. The second-order valence-corrected chi connectivity index (χ2v) is 8.76. The first-order chi connectivity index (χ1) is 17.6. The van der Waals surface area contributed by atoms with Gasteiger partial charge in [-0.05, 0) is 71.2 Å². The molecule has 2 saturated heterocycles. The molecule has 6 rings (SSSR count). The number of aromatic nitrogens is 6. The van der Waals surface area contributed by atoms with Crippen LogP contribution in [0.2, 0.25) is 0 Å². The fourth-order valence-corrected chi connectivity index (χ4v) is 4.61. The number of rotatable bonds is 6. The molecule has 2 fully saturated rings. The Bertz CT molecular complexity index is 1330. The number of anilines is 1. The lowest BCUT2D eigenvalue weighted by Crippen LogP contribution is -2.45. The SMILES string of the molecule is Fc1ccc(NC(=S)N[C@H]2CO[C@H]3[C@@H]2OC[C@@H]3n2nnnc2Oc2ccc(-n3ccnc3)cc2)cc1. The normalized spacial score (nSPS) is 22.8. The molecular formula is C23H21FN8O3S. The molecule has 0 radical (unpaired) electrons. The summed E-state index contributed by atoms with van der Waals surface area (Å²) in [6.07, 6.45) is 4.76. The molecule has 2 aromatic heterocycles. The largest absolute Gasteiger partial charge is 0.423 e. The first kappa shape index (κ1) is 22.5. The molecule has 11 nitrogen and oxygen atoms in total. The van der Waals surface area contributed by atoms with Crippen LogP contribution in [0, 0.1) is 5.82 Å². The Balaban J connectivity index is 1.10. The summed E-state index contributed by atoms with van der Waals surface area (Å²) in [5, 5.41) is 18.6. The second kappa shape index (κ2) is 9.60. The fourth-order valence-electron chi connectivity index (χ4n) is 4.35. The summed E-state index contributed by atoms with van der Waals surface area (Å²) in [7, 11) is 0. The highest BCUT2D eigenvalue weighted by atomic mass is 32.1. The van der Waals surface area contributed by atoms with Gasteiger partial charge in [-0.1, -0.05) is 5.10 Å². The average molecular weight is 509 g/mol. The van der Waals surface area contributed by atoms with Crippen molar-refractivity contribution in [3.63, 3.8) is 0 Å². The van der Waals surface area contributed by atoms with E-state index in [4.69, 9.17) is 26.4 Å². The zero-order chi connectivity index (χ0) is 24.5. The molecular weight excluding hydrogens is 487 g/mol. The van der Waals surface area contributed by atoms with Crippen LogP contribution in [-0.2, 0) is 9.47 Å². The lowest BCUT2D eigenvalue weighted by atomic mass is 10.1. The van der Waals surface area contributed by atoms with Crippen LogP contribution >= 0.6 is 12.2 Å². The summed E-state index contributed by atoms with van der Waals surface area (Å²) >= 11 is 5.41. The van der Waals surface area contributed by atoms with E-state index in [1.165, 1.54) is 12.1 Å². The van der Waals surface area contributed by atoms with Gasteiger partial charge in [0.1, 0.15) is 29.8 Å². The van der Waals surface area contributed by atoms with Crippen LogP contribution < -0.4 is 15.4 Å². The fraction of sp³-hybridized carbons (Fsp3) is 0.261. The topological polar surface area (TPSA) is 113 Å². The smallest absolute Gasteiger partial charge is 0.341 e. The van der Waals surface area contributed by atoms with Crippen LogP contribution in [0.1, 0.15) is 6.04 Å². The number of ether oxygens (including phenoxy) is 3. The number of hydrogen-bond donors (Lipinski definition) is 2. The molecule has 4 atom stereocenters. The molecule has 184 valence electrons. The third-order valence-corrected chi connectivity index (χ3v) is 6.29. The van der Waals surface area contributed by atoms with Gasteiger partial charge in [-0.15, -0.1) is 0 Å². The maximum atomic E-state index is 13.1. The Morgan fingerprint density at radius 1 is 1.06 bits per heavy atom. The van der Waals surface area contributed by atoms with Gasteiger partial charge in [0.2, 0.25) is 0 Å². The Labute approximate surface area is 210 Å². The zero-order valence-electron chi connectivity index (χ0n) is 18.8. The number of thiocarbonyl (C=S) groups is 1. The molecule has 2 aromatic carbocycles. The Hall–Kier alpha value is -3.94. The van der Waals surface area contributed by atoms with Crippen LogP contribution in [0.15, 0.2) is 67.3 Å². The summed E-state index contributed by atoms with van der Waals surface area (Å²) in [5.74, 6) is 0.281. The molecule has 13 heteroatoms. The number of nitrogens with zero attached hydrogens (tertiary/aromatic N) is 6. The minimum absolute atomic E-state index is 0.169. The molecule has 0 bridgehead atoms. The van der Waals surface area contributed by atoms with E-state index in [0.29, 0.717) is 29.8 Å². The molecule has 0 spiro atoms. The quantitative estimate of drug-likeness (QED) is 0.377. The Morgan fingerprint density at radius 3 is 2.64 bits per heavy atom. The summed E-state index contributed by atoms with van der Waals surface area (Å²) in [6.45, 7) is 0.748. The van der Waals surface area contributed by atoms with Crippen molar-refractivity contribution in [2.45, 2.75) is 24.3 Å². The molecule has 36 heavy (non-hydrogen) atoms. The third kappa shape index (κ3) is 4.51. The van der Waals surface area contributed by atoms with Crippen LogP contribution in [0.25, 0.3) is 5.69 Å². The molecule has 2 aliphatic heterocycles. The van der Waals surface area contributed by atoms with E-state index in [1.54, 1.807) is 29.3 Å². The molecule has 4 heterocycles. The Kier molecular flexibility index (Phi) is 6.01. The maximum absolute atomic E-state index is 13.1. The Morgan fingerprint density at radius 2 is 1.86 bits per heavy atom. The van der Waals surface area contributed by atoms with Gasteiger partial charge in [0, 0.05) is 23.8 Å². The number of benzene rings is 2. The van der Waals surface area contributed by atoms with Crippen LogP contribution in [0.5, 0.6) is 11.8 Å². The minimum atomic E-state index is -0.311. The highest BCUT2D eigenvalue weighted by molar-refractivity contribution is 7.80. The number of hydrogen-bond acceptors (Lipinski definition) is 8. The van der Waals surface area contributed by atoms with E-state index < -0.39 is 0 Å². The van der Waals surface area contributed by atoms with Gasteiger partial charge < -0.3 is 29.4 Å². The van der Waals surface area contributed by atoms with Crippen molar-refractivity contribution in [3.05, 3.63) is 73.1 Å². The number of nitrogens with one attached hydrogen (secondary N) is 2. The van der Waals surface area contributed by atoms with Crippen molar-refractivity contribution in [1.29, 1.82) is 0 Å². The van der Waals surface area contributed by atoms with Crippen LogP contribution in [0.3, 0.4) is 0 Å². The molecule has 0 unspecified atom stereocenters. The molecule has 2 aliphatic rings. The van der Waals surface area contributed by atoms with Crippen molar-refractivity contribution in [1.82, 2.24) is 35.1 Å². The third-order valence-electron chi connectivity index (χ3n) is 6.07. The first-order valence-electron chi connectivity index (χ1n) is 11.2. The van der Waals surface area contributed by atoms with Gasteiger partial charge in [-0.3, -0.25) is 0 Å².